The van der Waals surface area contributed by atoms with E-state index in [0.29, 0.717) is 6.54 Å². The molecule has 7 nitrogen and oxygen atoms in total. The van der Waals surface area contributed by atoms with Crippen molar-refractivity contribution in [3.63, 3.8) is 0 Å². The maximum atomic E-state index is 13.5. The first-order valence-electron chi connectivity index (χ1n) is 9.55. The summed E-state index contributed by atoms with van der Waals surface area (Å²) in [7, 11) is 0. The number of para-hydroxylation sites is 1. The topological polar surface area (TPSA) is 96.6 Å². The number of halogens is 1. The molecular formula is C20H26FN3O4. The number of carbonyl (C=O) groups is 1. The molecule has 1 unspecified atom stereocenters. The third-order valence-electron chi connectivity index (χ3n) is 4.97. The lowest BCUT2D eigenvalue weighted by Crippen LogP contribution is -2.56. The van der Waals surface area contributed by atoms with E-state index in [4.69, 9.17) is 9.15 Å². The van der Waals surface area contributed by atoms with Gasteiger partial charge in [-0.15, -0.1) is 0 Å². The number of ether oxygens (including phenoxy) is 1. The van der Waals surface area contributed by atoms with E-state index in [9.17, 15) is 14.3 Å². The smallest absolute Gasteiger partial charge is 0.273 e. The highest BCUT2D eigenvalue weighted by molar-refractivity contribution is 5.92. The summed E-state index contributed by atoms with van der Waals surface area (Å²) in [6.45, 7) is 0.773. The molecule has 0 aliphatic heterocycles. The summed E-state index contributed by atoms with van der Waals surface area (Å²) in [5.41, 5.74) is -0.135. The molecule has 28 heavy (non-hydrogen) atoms. The van der Waals surface area contributed by atoms with Crippen LogP contribution in [0, 0.1) is 5.82 Å². The van der Waals surface area contributed by atoms with Crippen LogP contribution in [-0.4, -0.2) is 47.3 Å². The molecule has 1 heterocycles. The number of hydrogen-bond acceptors (Lipinski definition) is 6. The molecule has 1 aromatic heterocycles. The summed E-state index contributed by atoms with van der Waals surface area (Å²) < 4.78 is 23.8. The standard InChI is InChI=1S/C20H26FN3O4/c21-16-6-2-3-7-18(16)28-11-15(25)10-22-13-20(8-4-1-5-9-20)24-19(26)17-12-27-14-23-17/h2-3,6-7,12,14-15,22,25H,1,4-5,8-11,13H2,(H,24,26). The van der Waals surface area contributed by atoms with Crippen LogP contribution in [0.1, 0.15) is 42.6 Å². The molecule has 1 aromatic carbocycles. The van der Waals surface area contributed by atoms with Crippen LogP contribution in [0.15, 0.2) is 41.3 Å². The maximum absolute atomic E-state index is 13.5. The quantitative estimate of drug-likeness (QED) is 0.607. The molecule has 8 heteroatoms. The lowest BCUT2D eigenvalue weighted by atomic mass is 9.81. The van der Waals surface area contributed by atoms with Gasteiger partial charge in [0, 0.05) is 13.1 Å². The molecule has 0 bridgehead atoms. The second-order valence-electron chi connectivity index (χ2n) is 7.19. The molecule has 1 aliphatic carbocycles. The van der Waals surface area contributed by atoms with E-state index < -0.39 is 11.9 Å². The van der Waals surface area contributed by atoms with Gasteiger partial charge in [-0.3, -0.25) is 4.79 Å². The third kappa shape index (κ3) is 5.53. The van der Waals surface area contributed by atoms with E-state index in [-0.39, 0.29) is 36.0 Å². The van der Waals surface area contributed by atoms with Gasteiger partial charge in [0.2, 0.25) is 0 Å². The van der Waals surface area contributed by atoms with Crippen molar-refractivity contribution in [1.29, 1.82) is 0 Å². The van der Waals surface area contributed by atoms with E-state index in [1.807, 2.05) is 0 Å². The van der Waals surface area contributed by atoms with Crippen molar-refractivity contribution >= 4 is 5.91 Å². The Morgan fingerprint density at radius 1 is 1.32 bits per heavy atom. The first kappa shape index (κ1) is 20.3. The van der Waals surface area contributed by atoms with Crippen LogP contribution < -0.4 is 15.4 Å². The normalized spacial score (nSPS) is 17.1. The van der Waals surface area contributed by atoms with Crippen LogP contribution in [0.5, 0.6) is 5.75 Å². The number of rotatable bonds is 9. The number of aliphatic hydroxyl groups excluding tert-OH is 1. The molecule has 3 rings (SSSR count). The number of carbonyl (C=O) groups excluding carboxylic acids is 1. The Kier molecular flexibility index (Phi) is 7.00. The van der Waals surface area contributed by atoms with Gasteiger partial charge in [0.25, 0.3) is 5.91 Å². The van der Waals surface area contributed by atoms with Gasteiger partial charge in [-0.1, -0.05) is 31.4 Å². The molecule has 1 atom stereocenters. The number of nitrogens with one attached hydrogen (secondary N) is 2. The van der Waals surface area contributed by atoms with Crippen LogP contribution >= 0.6 is 0 Å². The Balaban J connectivity index is 1.48. The fraction of sp³-hybridized carbons (Fsp3) is 0.500. The molecule has 0 spiro atoms. The summed E-state index contributed by atoms with van der Waals surface area (Å²) in [6.07, 6.45) is 6.65. The van der Waals surface area contributed by atoms with Crippen molar-refractivity contribution in [2.45, 2.75) is 43.7 Å². The molecule has 3 N–H and O–H groups in total. The molecular weight excluding hydrogens is 365 g/mol. The third-order valence-corrected chi connectivity index (χ3v) is 4.97. The number of amides is 1. The van der Waals surface area contributed by atoms with Gasteiger partial charge in [-0.2, -0.15) is 0 Å². The Morgan fingerprint density at radius 2 is 2.11 bits per heavy atom. The van der Waals surface area contributed by atoms with Crippen LogP contribution in [0.4, 0.5) is 4.39 Å². The largest absolute Gasteiger partial charge is 0.488 e. The fourth-order valence-corrected chi connectivity index (χ4v) is 3.49. The molecule has 0 radical (unpaired) electrons. The zero-order valence-electron chi connectivity index (χ0n) is 15.7. The Morgan fingerprint density at radius 3 is 2.82 bits per heavy atom. The van der Waals surface area contributed by atoms with Crippen molar-refractivity contribution in [1.82, 2.24) is 15.6 Å². The van der Waals surface area contributed by atoms with E-state index in [1.165, 1.54) is 24.8 Å². The summed E-state index contributed by atoms with van der Waals surface area (Å²) >= 11 is 0. The Hall–Kier alpha value is -2.45. The van der Waals surface area contributed by atoms with Crippen LogP contribution in [0.25, 0.3) is 0 Å². The van der Waals surface area contributed by atoms with E-state index >= 15 is 0 Å². The van der Waals surface area contributed by atoms with E-state index in [0.717, 1.165) is 32.1 Å². The van der Waals surface area contributed by atoms with Crippen molar-refractivity contribution < 1.29 is 23.4 Å². The average molecular weight is 391 g/mol. The van der Waals surface area contributed by atoms with Gasteiger partial charge >= 0.3 is 0 Å². The van der Waals surface area contributed by atoms with Gasteiger partial charge in [0.05, 0.1) is 5.54 Å². The summed E-state index contributed by atoms with van der Waals surface area (Å²) in [4.78, 5) is 16.3. The highest BCUT2D eigenvalue weighted by Crippen LogP contribution is 2.28. The van der Waals surface area contributed by atoms with Gasteiger partial charge in [0.1, 0.15) is 19.0 Å². The van der Waals surface area contributed by atoms with Gasteiger partial charge in [0.15, 0.2) is 23.7 Å². The second-order valence-corrected chi connectivity index (χ2v) is 7.19. The molecule has 1 saturated carbocycles. The predicted octanol–water partition coefficient (Wildman–Crippen LogP) is 2.28. The van der Waals surface area contributed by atoms with Crippen LogP contribution in [-0.2, 0) is 0 Å². The number of oxazole rings is 1. The van der Waals surface area contributed by atoms with Crippen molar-refractivity contribution in [2.24, 2.45) is 0 Å². The Bertz CT molecular complexity index is 748. The number of aliphatic hydroxyl groups is 1. The van der Waals surface area contributed by atoms with Gasteiger partial charge in [-0.25, -0.2) is 9.37 Å². The minimum absolute atomic E-state index is 0.0216. The minimum Gasteiger partial charge on any atom is -0.488 e. The van der Waals surface area contributed by atoms with Gasteiger partial charge < -0.3 is 24.9 Å². The van der Waals surface area contributed by atoms with E-state index in [1.54, 1.807) is 12.1 Å². The van der Waals surface area contributed by atoms with Crippen LogP contribution in [0.3, 0.4) is 0 Å². The number of aromatic nitrogens is 1. The molecule has 1 aliphatic rings. The van der Waals surface area contributed by atoms with Crippen molar-refractivity contribution in [3.05, 3.63) is 48.4 Å². The van der Waals surface area contributed by atoms with Crippen molar-refractivity contribution in [3.8, 4) is 5.75 Å². The molecule has 0 saturated heterocycles. The van der Waals surface area contributed by atoms with Crippen molar-refractivity contribution in [2.75, 3.05) is 19.7 Å². The highest BCUT2D eigenvalue weighted by atomic mass is 19.1. The SMILES string of the molecule is O=C(NC1(CNCC(O)COc2ccccc2F)CCCCC1)c1cocn1. The first-order valence-corrected chi connectivity index (χ1v) is 9.55. The zero-order chi connectivity index (χ0) is 19.8. The molecule has 2 aromatic rings. The number of hydrogen-bond donors (Lipinski definition) is 3. The average Bonchev–Trinajstić information content (AvgIpc) is 3.23. The van der Waals surface area contributed by atoms with Crippen LogP contribution in [0.2, 0.25) is 0 Å². The van der Waals surface area contributed by atoms with Gasteiger partial charge in [-0.05, 0) is 25.0 Å². The monoisotopic (exact) mass is 391 g/mol. The molecule has 1 amide bonds. The fourth-order valence-electron chi connectivity index (χ4n) is 3.49. The predicted molar refractivity (Wildman–Crippen MR) is 101 cm³/mol. The summed E-state index contributed by atoms with van der Waals surface area (Å²) in [5.74, 6) is -0.606. The zero-order valence-corrected chi connectivity index (χ0v) is 15.7. The Labute approximate surface area is 163 Å². The first-order chi connectivity index (χ1) is 13.6. The summed E-state index contributed by atoms with van der Waals surface area (Å²) in [6, 6.07) is 6.08. The molecule has 152 valence electrons. The highest BCUT2D eigenvalue weighted by Gasteiger charge is 2.34. The lowest BCUT2D eigenvalue weighted by Gasteiger charge is -2.38. The molecule has 1 fully saturated rings. The minimum atomic E-state index is -0.800. The maximum Gasteiger partial charge on any atom is 0.273 e. The summed E-state index contributed by atoms with van der Waals surface area (Å²) in [5, 5.41) is 16.4. The number of benzene rings is 1. The second kappa shape index (κ2) is 9.66. The lowest BCUT2D eigenvalue weighted by molar-refractivity contribution is 0.0837. The number of nitrogens with zero attached hydrogens (tertiary/aromatic N) is 1. The van der Waals surface area contributed by atoms with E-state index in [2.05, 4.69) is 15.6 Å².